The average molecular weight is 463 g/mol. The molecule has 0 unspecified atom stereocenters. The fraction of sp³-hybridized carbons (Fsp3) is 0.632. The van der Waals surface area contributed by atoms with E-state index in [1.807, 2.05) is 31.2 Å². The molecule has 1 rings (SSSR count). The molecule has 0 bridgehead atoms. The third kappa shape index (κ3) is 9.30. The van der Waals surface area contributed by atoms with Crippen molar-refractivity contribution in [3.8, 4) is 5.75 Å². The summed E-state index contributed by atoms with van der Waals surface area (Å²) in [4.78, 5) is 4.61. The van der Waals surface area contributed by atoms with E-state index in [1.54, 1.807) is 7.11 Å². The third-order valence-electron chi connectivity index (χ3n) is 3.91. The number of methoxy groups -OCH3 is 1. The topological polar surface area (TPSA) is 65.9 Å². The van der Waals surface area contributed by atoms with Gasteiger partial charge in [-0.1, -0.05) is 38.8 Å². The molecule has 0 aliphatic carbocycles. The van der Waals surface area contributed by atoms with Gasteiger partial charge in [0.25, 0.3) is 0 Å². The number of hydrogen-bond acceptors (Lipinski definition) is 3. The van der Waals surface area contributed by atoms with Crippen LogP contribution in [0.25, 0.3) is 0 Å². The minimum atomic E-state index is -0.671. The normalized spacial score (nSPS) is 11.6. The van der Waals surface area contributed by atoms with Crippen molar-refractivity contribution in [1.29, 1.82) is 0 Å². The molecular formula is C19H34IN3O2. The highest BCUT2D eigenvalue weighted by Gasteiger charge is 2.24. The third-order valence-corrected chi connectivity index (χ3v) is 3.91. The van der Waals surface area contributed by atoms with Crippen molar-refractivity contribution >= 4 is 29.9 Å². The second kappa shape index (κ2) is 13.2. The molecule has 144 valence electrons. The summed E-state index contributed by atoms with van der Waals surface area (Å²) in [6.45, 7) is 8.09. The average Bonchev–Trinajstić information content (AvgIpc) is 2.58. The zero-order valence-corrected chi connectivity index (χ0v) is 18.3. The van der Waals surface area contributed by atoms with Crippen molar-refractivity contribution < 1.29 is 9.84 Å². The molecule has 0 saturated heterocycles. The first-order valence-electron chi connectivity index (χ1n) is 8.94. The molecule has 0 spiro atoms. The van der Waals surface area contributed by atoms with Crippen LogP contribution in [0.1, 0.15) is 52.0 Å². The van der Waals surface area contributed by atoms with Crippen LogP contribution in [0.15, 0.2) is 29.3 Å². The van der Waals surface area contributed by atoms with Crippen molar-refractivity contribution in [3.63, 3.8) is 0 Å². The lowest BCUT2D eigenvalue weighted by molar-refractivity contribution is 0.0257. The Morgan fingerprint density at radius 1 is 1.16 bits per heavy atom. The largest absolute Gasteiger partial charge is 0.497 e. The van der Waals surface area contributed by atoms with E-state index >= 15 is 0 Å². The Morgan fingerprint density at radius 2 is 1.84 bits per heavy atom. The van der Waals surface area contributed by atoms with Crippen LogP contribution in [0.3, 0.4) is 0 Å². The van der Waals surface area contributed by atoms with Gasteiger partial charge in [-0.2, -0.15) is 0 Å². The molecule has 0 amide bonds. The van der Waals surface area contributed by atoms with E-state index in [9.17, 15) is 5.11 Å². The number of hydrogen-bond donors (Lipinski definition) is 3. The Labute approximate surface area is 169 Å². The molecule has 0 atom stereocenters. The lowest BCUT2D eigenvalue weighted by Gasteiger charge is -2.28. The summed E-state index contributed by atoms with van der Waals surface area (Å²) in [7, 11) is 1.66. The maximum atomic E-state index is 10.7. The van der Waals surface area contributed by atoms with Crippen LogP contribution in [0.5, 0.6) is 5.75 Å². The van der Waals surface area contributed by atoms with E-state index in [0.29, 0.717) is 13.1 Å². The van der Waals surface area contributed by atoms with Crippen LogP contribution < -0.4 is 15.4 Å². The first-order valence-corrected chi connectivity index (χ1v) is 8.94. The number of ether oxygens (including phenoxy) is 1. The summed E-state index contributed by atoms with van der Waals surface area (Å²) in [6.07, 6.45) is 3.53. The van der Waals surface area contributed by atoms with E-state index < -0.39 is 5.60 Å². The SMILES string of the molecule is CCCC(O)(CCC)CNC(=NCc1cccc(OC)c1)NCC.I. The van der Waals surface area contributed by atoms with Gasteiger partial charge in [0, 0.05) is 13.1 Å². The van der Waals surface area contributed by atoms with E-state index in [4.69, 9.17) is 4.74 Å². The van der Waals surface area contributed by atoms with Crippen molar-refractivity contribution in [2.45, 2.75) is 58.6 Å². The Balaban J connectivity index is 0.00000576. The second-order valence-corrected chi connectivity index (χ2v) is 6.12. The minimum Gasteiger partial charge on any atom is -0.497 e. The van der Waals surface area contributed by atoms with Gasteiger partial charge in [-0.3, -0.25) is 0 Å². The summed E-state index contributed by atoms with van der Waals surface area (Å²) < 4.78 is 5.24. The number of aliphatic imine (C=N–C) groups is 1. The zero-order valence-electron chi connectivity index (χ0n) is 16.0. The molecule has 0 aromatic heterocycles. The van der Waals surface area contributed by atoms with Gasteiger partial charge in [-0.05, 0) is 37.5 Å². The maximum Gasteiger partial charge on any atom is 0.191 e. The molecule has 0 fully saturated rings. The molecule has 0 saturated carbocycles. The van der Waals surface area contributed by atoms with E-state index in [-0.39, 0.29) is 24.0 Å². The number of benzene rings is 1. The van der Waals surface area contributed by atoms with E-state index in [0.717, 1.165) is 49.5 Å². The highest BCUT2D eigenvalue weighted by atomic mass is 127. The van der Waals surface area contributed by atoms with Gasteiger partial charge < -0.3 is 20.5 Å². The van der Waals surface area contributed by atoms with E-state index in [2.05, 4.69) is 29.5 Å². The molecular weight excluding hydrogens is 429 g/mol. The summed E-state index contributed by atoms with van der Waals surface area (Å²) in [6, 6.07) is 7.90. The zero-order chi connectivity index (χ0) is 17.8. The number of aliphatic hydroxyl groups is 1. The molecule has 0 aliphatic heterocycles. The van der Waals surface area contributed by atoms with Gasteiger partial charge in [0.05, 0.1) is 19.3 Å². The molecule has 1 aromatic carbocycles. The number of guanidine groups is 1. The summed E-state index contributed by atoms with van der Waals surface area (Å²) in [5, 5.41) is 17.2. The number of nitrogens with one attached hydrogen (secondary N) is 2. The summed E-state index contributed by atoms with van der Waals surface area (Å²) in [5.74, 6) is 1.56. The highest BCUT2D eigenvalue weighted by molar-refractivity contribution is 14.0. The minimum absolute atomic E-state index is 0. The number of halogens is 1. The highest BCUT2D eigenvalue weighted by Crippen LogP contribution is 2.18. The van der Waals surface area contributed by atoms with Crippen LogP contribution in [0.4, 0.5) is 0 Å². The molecule has 0 aliphatic rings. The van der Waals surface area contributed by atoms with Crippen molar-refractivity contribution in [3.05, 3.63) is 29.8 Å². The van der Waals surface area contributed by atoms with Crippen molar-refractivity contribution in [2.24, 2.45) is 4.99 Å². The Bertz CT molecular complexity index is 503. The first kappa shape index (κ1) is 24.0. The van der Waals surface area contributed by atoms with Gasteiger partial charge in [0.15, 0.2) is 5.96 Å². The van der Waals surface area contributed by atoms with Crippen molar-refractivity contribution in [2.75, 3.05) is 20.2 Å². The van der Waals surface area contributed by atoms with Gasteiger partial charge in [-0.25, -0.2) is 4.99 Å². The predicted molar refractivity (Wildman–Crippen MR) is 116 cm³/mol. The Hall–Kier alpha value is -1.02. The molecule has 6 heteroatoms. The monoisotopic (exact) mass is 463 g/mol. The molecule has 3 N–H and O–H groups in total. The van der Waals surface area contributed by atoms with Crippen LogP contribution in [-0.4, -0.2) is 36.9 Å². The molecule has 5 nitrogen and oxygen atoms in total. The second-order valence-electron chi connectivity index (χ2n) is 6.12. The summed E-state index contributed by atoms with van der Waals surface area (Å²) in [5.41, 5.74) is 0.416. The van der Waals surface area contributed by atoms with Gasteiger partial charge in [0.2, 0.25) is 0 Å². The number of rotatable bonds is 10. The molecule has 0 heterocycles. The smallest absolute Gasteiger partial charge is 0.191 e. The predicted octanol–water partition coefficient (Wildman–Crippen LogP) is 3.70. The quantitative estimate of drug-likeness (QED) is 0.281. The number of nitrogens with zero attached hydrogens (tertiary/aromatic N) is 1. The van der Waals surface area contributed by atoms with Crippen molar-refractivity contribution in [1.82, 2.24) is 10.6 Å². The standard InChI is InChI=1S/C19H33N3O2.HI/c1-5-11-19(23,12-6-2)15-22-18(20-7-3)21-14-16-9-8-10-17(13-16)24-4;/h8-10,13,23H,5-7,11-12,14-15H2,1-4H3,(H2,20,21,22);1H. The van der Waals surface area contributed by atoms with Gasteiger partial charge >= 0.3 is 0 Å². The van der Waals surface area contributed by atoms with Crippen LogP contribution in [-0.2, 0) is 6.54 Å². The van der Waals surface area contributed by atoms with Gasteiger partial charge in [-0.15, -0.1) is 24.0 Å². The lowest BCUT2D eigenvalue weighted by atomic mass is 9.93. The maximum absolute atomic E-state index is 10.7. The van der Waals surface area contributed by atoms with Crippen LogP contribution in [0.2, 0.25) is 0 Å². The fourth-order valence-electron chi connectivity index (χ4n) is 2.76. The molecule has 1 aromatic rings. The Kier molecular flexibility index (Phi) is 12.7. The van der Waals surface area contributed by atoms with Crippen LogP contribution in [0, 0.1) is 0 Å². The van der Waals surface area contributed by atoms with E-state index in [1.165, 1.54) is 0 Å². The molecule has 0 radical (unpaired) electrons. The summed E-state index contributed by atoms with van der Waals surface area (Å²) >= 11 is 0. The molecule has 25 heavy (non-hydrogen) atoms. The first-order chi connectivity index (χ1) is 11.6. The van der Waals surface area contributed by atoms with Gasteiger partial charge in [0.1, 0.15) is 5.75 Å². The Morgan fingerprint density at radius 3 is 2.40 bits per heavy atom. The fourth-order valence-corrected chi connectivity index (χ4v) is 2.76. The van der Waals surface area contributed by atoms with Crippen LogP contribution >= 0.6 is 24.0 Å². The lowest BCUT2D eigenvalue weighted by Crippen LogP contribution is -2.47.